The van der Waals surface area contributed by atoms with E-state index in [4.69, 9.17) is 23.2 Å². The number of rotatable bonds is 7. The van der Waals surface area contributed by atoms with Gasteiger partial charge in [0.1, 0.15) is 0 Å². The Morgan fingerprint density at radius 1 is 1.15 bits per heavy atom. The topological polar surface area (TPSA) is 84.3 Å². The highest BCUT2D eigenvalue weighted by Crippen LogP contribution is 2.26. The number of carbonyl (C=O) groups excluding carboxylic acids is 1. The van der Waals surface area contributed by atoms with Gasteiger partial charge in [-0.15, -0.1) is 0 Å². The molecule has 1 atom stereocenters. The molecule has 0 unspecified atom stereocenters. The van der Waals surface area contributed by atoms with Gasteiger partial charge in [-0.25, -0.2) is 17.7 Å². The first-order chi connectivity index (χ1) is 15.8. The average Bonchev–Trinajstić information content (AvgIpc) is 3.35. The molecular weight excluding hydrogens is 483 g/mol. The van der Waals surface area contributed by atoms with Crippen molar-refractivity contribution < 1.29 is 13.2 Å². The minimum absolute atomic E-state index is 0.148. The number of sulfonamides is 1. The van der Waals surface area contributed by atoms with Gasteiger partial charge in [0.25, 0.3) is 0 Å². The molecule has 3 aromatic rings. The first-order valence-corrected chi connectivity index (χ1v) is 13.0. The predicted octanol–water partition coefficient (Wildman–Crippen LogP) is 4.04. The van der Waals surface area contributed by atoms with E-state index < -0.39 is 15.9 Å². The Morgan fingerprint density at radius 2 is 1.97 bits per heavy atom. The summed E-state index contributed by atoms with van der Waals surface area (Å²) in [6.07, 6.45) is 6.53. The first-order valence-electron chi connectivity index (χ1n) is 10.6. The SMILES string of the molecule is O=C(NCc1ccccc1-n1ccnc1)[C@@H]1CCCN(S(=O)(=O)Cc2ccc(Cl)c(Cl)c2)C1. The van der Waals surface area contributed by atoms with E-state index in [1.165, 1.54) is 4.31 Å². The Balaban J connectivity index is 1.39. The molecule has 1 fully saturated rings. The number of amides is 1. The monoisotopic (exact) mass is 506 g/mol. The van der Waals surface area contributed by atoms with E-state index >= 15 is 0 Å². The lowest BCUT2D eigenvalue weighted by Gasteiger charge is -2.31. The molecule has 4 rings (SSSR count). The Kier molecular flexibility index (Phi) is 7.38. The van der Waals surface area contributed by atoms with Crippen LogP contribution < -0.4 is 5.32 Å². The second kappa shape index (κ2) is 10.3. The van der Waals surface area contributed by atoms with Crippen LogP contribution in [0.5, 0.6) is 0 Å². The van der Waals surface area contributed by atoms with Gasteiger partial charge in [0, 0.05) is 32.0 Å². The predicted molar refractivity (Wildman–Crippen MR) is 129 cm³/mol. The second-order valence-corrected chi connectivity index (χ2v) is 10.8. The summed E-state index contributed by atoms with van der Waals surface area (Å²) in [6.45, 7) is 0.912. The number of benzene rings is 2. The van der Waals surface area contributed by atoms with Crippen LogP contribution in [0.15, 0.2) is 61.2 Å². The molecule has 1 aliphatic rings. The quantitative estimate of drug-likeness (QED) is 0.523. The number of aromatic nitrogens is 2. The van der Waals surface area contributed by atoms with Crippen LogP contribution in [0.2, 0.25) is 10.0 Å². The standard InChI is InChI=1S/C23H24Cl2N4O3S/c24-20-8-7-17(12-21(20)25)15-33(31,32)29-10-3-5-19(14-29)23(30)27-13-18-4-1-2-6-22(18)28-11-9-26-16-28/h1-2,4,6-9,11-12,16,19H,3,5,10,13-15H2,(H,27,30)/t19-/m1/s1. The van der Waals surface area contributed by atoms with E-state index in [1.807, 2.05) is 35.0 Å². The zero-order valence-electron chi connectivity index (χ0n) is 17.8. The lowest BCUT2D eigenvalue weighted by molar-refractivity contribution is -0.126. The fourth-order valence-corrected chi connectivity index (χ4v) is 5.90. The van der Waals surface area contributed by atoms with Crippen molar-refractivity contribution in [3.05, 3.63) is 82.4 Å². The van der Waals surface area contributed by atoms with Crippen LogP contribution in [-0.2, 0) is 27.1 Å². The number of nitrogens with one attached hydrogen (secondary N) is 1. The molecule has 1 aromatic heterocycles. The Labute approximate surface area is 203 Å². The molecule has 1 aliphatic heterocycles. The first kappa shape index (κ1) is 23.8. The highest BCUT2D eigenvalue weighted by molar-refractivity contribution is 7.88. The summed E-state index contributed by atoms with van der Waals surface area (Å²) < 4.78 is 29.3. The minimum Gasteiger partial charge on any atom is -0.352 e. The van der Waals surface area contributed by atoms with E-state index in [0.717, 1.165) is 11.3 Å². The largest absolute Gasteiger partial charge is 0.352 e. The third-order valence-electron chi connectivity index (χ3n) is 5.71. The number of hydrogen-bond donors (Lipinski definition) is 1. The van der Waals surface area contributed by atoms with Crippen molar-refractivity contribution in [2.75, 3.05) is 13.1 Å². The van der Waals surface area contributed by atoms with Crippen LogP contribution in [0.3, 0.4) is 0 Å². The highest BCUT2D eigenvalue weighted by atomic mass is 35.5. The van der Waals surface area contributed by atoms with Gasteiger partial charge >= 0.3 is 0 Å². The van der Waals surface area contributed by atoms with Gasteiger partial charge < -0.3 is 9.88 Å². The van der Waals surface area contributed by atoms with E-state index in [0.29, 0.717) is 41.5 Å². The smallest absolute Gasteiger partial charge is 0.224 e. The maximum atomic E-state index is 13.0. The van der Waals surface area contributed by atoms with Crippen LogP contribution in [0, 0.1) is 5.92 Å². The number of para-hydroxylation sites is 1. The van der Waals surface area contributed by atoms with Crippen LogP contribution in [-0.4, -0.2) is 41.3 Å². The minimum atomic E-state index is -3.59. The summed E-state index contributed by atoms with van der Waals surface area (Å²) in [7, 11) is -3.59. The van der Waals surface area contributed by atoms with Crippen molar-refractivity contribution in [3.63, 3.8) is 0 Å². The molecule has 0 radical (unpaired) electrons. The second-order valence-electron chi connectivity index (χ2n) is 8.02. The molecule has 7 nitrogen and oxygen atoms in total. The van der Waals surface area contributed by atoms with Crippen molar-refractivity contribution in [2.45, 2.75) is 25.1 Å². The molecular formula is C23H24Cl2N4O3S. The molecule has 2 heterocycles. The molecule has 1 amide bonds. The van der Waals surface area contributed by atoms with E-state index in [2.05, 4.69) is 10.3 Å². The van der Waals surface area contributed by atoms with E-state index in [1.54, 1.807) is 30.7 Å². The Hall–Kier alpha value is -2.39. The molecule has 1 N–H and O–H groups in total. The lowest BCUT2D eigenvalue weighted by Crippen LogP contribution is -2.45. The van der Waals surface area contributed by atoms with E-state index in [9.17, 15) is 13.2 Å². The lowest BCUT2D eigenvalue weighted by atomic mass is 9.98. The Bertz CT molecular complexity index is 1230. The molecule has 0 spiro atoms. The van der Waals surface area contributed by atoms with Crippen molar-refractivity contribution >= 4 is 39.1 Å². The van der Waals surface area contributed by atoms with Crippen molar-refractivity contribution in [3.8, 4) is 5.69 Å². The molecule has 33 heavy (non-hydrogen) atoms. The van der Waals surface area contributed by atoms with Gasteiger partial charge in [-0.05, 0) is 42.2 Å². The Morgan fingerprint density at radius 3 is 2.73 bits per heavy atom. The maximum Gasteiger partial charge on any atom is 0.224 e. The average molecular weight is 507 g/mol. The summed E-state index contributed by atoms with van der Waals surface area (Å²) in [5, 5.41) is 3.67. The van der Waals surface area contributed by atoms with Crippen molar-refractivity contribution in [1.29, 1.82) is 0 Å². The fraction of sp³-hybridized carbons (Fsp3) is 0.304. The molecule has 2 aromatic carbocycles. The molecule has 10 heteroatoms. The summed E-state index contributed by atoms with van der Waals surface area (Å²) in [5.41, 5.74) is 2.45. The zero-order valence-corrected chi connectivity index (χ0v) is 20.2. The summed E-state index contributed by atoms with van der Waals surface area (Å²) >= 11 is 12.0. The van der Waals surface area contributed by atoms with Gasteiger partial charge in [0.15, 0.2) is 0 Å². The fourth-order valence-electron chi connectivity index (χ4n) is 3.98. The normalized spacial score (nSPS) is 17.1. The van der Waals surface area contributed by atoms with Gasteiger partial charge in [-0.1, -0.05) is 47.5 Å². The number of imidazole rings is 1. The summed E-state index contributed by atoms with van der Waals surface area (Å²) in [6, 6.07) is 12.6. The molecule has 0 aliphatic carbocycles. The summed E-state index contributed by atoms with van der Waals surface area (Å²) in [4.78, 5) is 17.0. The molecule has 0 saturated carbocycles. The third kappa shape index (κ3) is 5.76. The van der Waals surface area contributed by atoms with Crippen LogP contribution in [0.1, 0.15) is 24.0 Å². The molecule has 0 bridgehead atoms. The van der Waals surface area contributed by atoms with Gasteiger partial charge in [0.2, 0.25) is 15.9 Å². The number of hydrogen-bond acceptors (Lipinski definition) is 4. The van der Waals surface area contributed by atoms with Gasteiger partial charge in [0.05, 0.1) is 33.7 Å². The number of piperidine rings is 1. The van der Waals surface area contributed by atoms with Gasteiger partial charge in [-0.2, -0.15) is 0 Å². The maximum absolute atomic E-state index is 13.0. The van der Waals surface area contributed by atoms with Crippen LogP contribution in [0.25, 0.3) is 5.69 Å². The zero-order chi connectivity index (χ0) is 23.4. The number of halogens is 2. The van der Waals surface area contributed by atoms with Crippen molar-refractivity contribution in [1.82, 2.24) is 19.2 Å². The third-order valence-corrected chi connectivity index (χ3v) is 8.26. The number of nitrogens with zero attached hydrogens (tertiary/aromatic N) is 3. The van der Waals surface area contributed by atoms with Crippen molar-refractivity contribution in [2.24, 2.45) is 5.92 Å². The molecule has 174 valence electrons. The van der Waals surface area contributed by atoms with Crippen LogP contribution in [0.4, 0.5) is 0 Å². The molecule has 1 saturated heterocycles. The van der Waals surface area contributed by atoms with Crippen LogP contribution >= 0.6 is 23.2 Å². The highest BCUT2D eigenvalue weighted by Gasteiger charge is 2.32. The van der Waals surface area contributed by atoms with E-state index in [-0.39, 0.29) is 18.2 Å². The van der Waals surface area contributed by atoms with Gasteiger partial charge in [-0.3, -0.25) is 4.79 Å². The summed E-state index contributed by atoms with van der Waals surface area (Å²) in [5.74, 6) is -0.733. The number of carbonyl (C=O) groups is 1.